The van der Waals surface area contributed by atoms with Gasteiger partial charge in [0.05, 0.1) is 0 Å². The van der Waals surface area contributed by atoms with Crippen LogP contribution in [0.3, 0.4) is 0 Å². The van der Waals surface area contributed by atoms with E-state index in [9.17, 15) is 9.18 Å². The molecule has 1 aromatic carbocycles. The van der Waals surface area contributed by atoms with Gasteiger partial charge in [-0.1, -0.05) is 5.16 Å². The topological polar surface area (TPSA) is 99.7 Å². The Morgan fingerprint density at radius 1 is 1.42 bits per heavy atom. The van der Waals surface area contributed by atoms with Gasteiger partial charge in [-0.05, 0) is 23.8 Å². The summed E-state index contributed by atoms with van der Waals surface area (Å²) >= 11 is 0. The number of oxime groups is 1. The lowest BCUT2D eigenvalue weighted by atomic mass is 10.1. The molecule has 0 unspecified atom stereocenters. The highest BCUT2D eigenvalue weighted by Crippen LogP contribution is 2.09. The summed E-state index contributed by atoms with van der Waals surface area (Å²) in [7, 11) is 0. The maximum Gasteiger partial charge on any atom is 0.216 e. The number of nitrogens with zero attached hydrogens (tertiary/aromatic N) is 1. The predicted octanol–water partition coefficient (Wildman–Crippen LogP) is 0.146. The van der Waals surface area contributed by atoms with Gasteiger partial charge in [-0.2, -0.15) is 0 Å². The van der Waals surface area contributed by atoms with Gasteiger partial charge in [-0.25, -0.2) is 4.39 Å². The Morgan fingerprint density at radius 2 is 2.16 bits per heavy atom. The molecule has 0 atom stereocenters. The molecule has 5 N–H and O–H groups in total. The highest BCUT2D eigenvalue weighted by atomic mass is 19.1. The first-order valence-corrected chi connectivity index (χ1v) is 5.75. The molecule has 0 fully saturated rings. The van der Waals surface area contributed by atoms with E-state index in [-0.39, 0.29) is 11.7 Å². The van der Waals surface area contributed by atoms with Gasteiger partial charge >= 0.3 is 0 Å². The lowest BCUT2D eigenvalue weighted by Crippen LogP contribution is -2.30. The Labute approximate surface area is 110 Å². The Hall–Kier alpha value is -2.15. The number of carbonyl (C=O) groups is 1. The Kier molecular flexibility index (Phi) is 5.74. The molecular formula is C12H17FN4O2. The fraction of sp³-hybridized carbons (Fsp3) is 0.333. The molecule has 0 aromatic heterocycles. The van der Waals surface area contributed by atoms with Gasteiger partial charge in [-0.15, -0.1) is 0 Å². The van der Waals surface area contributed by atoms with Crippen molar-refractivity contribution in [3.05, 3.63) is 35.1 Å². The van der Waals surface area contributed by atoms with Crippen molar-refractivity contribution in [1.29, 1.82) is 0 Å². The maximum atomic E-state index is 13.3. The van der Waals surface area contributed by atoms with E-state index in [1.807, 2.05) is 0 Å². The molecule has 0 aliphatic heterocycles. The fourth-order valence-corrected chi connectivity index (χ4v) is 1.52. The fourth-order valence-electron chi connectivity index (χ4n) is 1.52. The van der Waals surface area contributed by atoms with Crippen LogP contribution < -0.4 is 16.4 Å². The van der Waals surface area contributed by atoms with Crippen LogP contribution in [0.2, 0.25) is 0 Å². The van der Waals surface area contributed by atoms with Gasteiger partial charge in [0.1, 0.15) is 5.82 Å². The maximum absolute atomic E-state index is 13.3. The van der Waals surface area contributed by atoms with E-state index in [0.717, 1.165) is 0 Å². The van der Waals surface area contributed by atoms with Crippen molar-refractivity contribution in [2.45, 2.75) is 13.5 Å². The van der Waals surface area contributed by atoms with Crippen LogP contribution in [0, 0.1) is 5.82 Å². The van der Waals surface area contributed by atoms with Gasteiger partial charge < -0.3 is 21.6 Å². The van der Waals surface area contributed by atoms with Crippen molar-refractivity contribution < 1.29 is 14.4 Å². The largest absolute Gasteiger partial charge is 0.409 e. The van der Waals surface area contributed by atoms with E-state index in [0.29, 0.717) is 30.8 Å². The second kappa shape index (κ2) is 7.32. The third kappa shape index (κ3) is 5.35. The summed E-state index contributed by atoms with van der Waals surface area (Å²) in [6, 6.07) is 4.18. The molecule has 6 nitrogen and oxygen atoms in total. The Balaban J connectivity index is 2.54. The zero-order valence-corrected chi connectivity index (χ0v) is 10.6. The molecule has 1 amide bonds. The molecule has 1 rings (SSSR count). The molecule has 0 bridgehead atoms. The van der Waals surface area contributed by atoms with Crippen LogP contribution in [0.15, 0.2) is 23.4 Å². The zero-order valence-electron chi connectivity index (χ0n) is 10.6. The van der Waals surface area contributed by atoms with Crippen LogP contribution in [0.1, 0.15) is 18.1 Å². The highest BCUT2D eigenvalue weighted by Gasteiger charge is 2.04. The van der Waals surface area contributed by atoms with Gasteiger partial charge in [-0.3, -0.25) is 4.79 Å². The number of benzene rings is 1. The Bertz CT molecular complexity index is 477. The number of carbonyl (C=O) groups excluding carboxylic acids is 1. The van der Waals surface area contributed by atoms with Crippen LogP contribution in [0.4, 0.5) is 4.39 Å². The van der Waals surface area contributed by atoms with Gasteiger partial charge in [0.2, 0.25) is 5.91 Å². The van der Waals surface area contributed by atoms with Gasteiger partial charge in [0, 0.05) is 32.1 Å². The normalized spacial score (nSPS) is 11.4. The first-order valence-electron chi connectivity index (χ1n) is 5.75. The minimum Gasteiger partial charge on any atom is -0.409 e. The smallest absolute Gasteiger partial charge is 0.216 e. The zero-order chi connectivity index (χ0) is 14.3. The number of amides is 1. The lowest BCUT2D eigenvalue weighted by Gasteiger charge is -2.07. The highest BCUT2D eigenvalue weighted by molar-refractivity contribution is 5.97. The first kappa shape index (κ1) is 14.9. The molecule has 7 heteroatoms. The number of amidine groups is 1. The average Bonchev–Trinajstić information content (AvgIpc) is 2.36. The Morgan fingerprint density at radius 3 is 2.79 bits per heavy atom. The SMILES string of the molecule is CC(=O)NCCNCc1cc(F)cc(/C(N)=N/O)c1. The summed E-state index contributed by atoms with van der Waals surface area (Å²) in [5.74, 6) is -0.691. The number of hydrogen-bond donors (Lipinski definition) is 4. The van der Waals surface area contributed by atoms with Gasteiger partial charge in [0.15, 0.2) is 5.84 Å². The second-order valence-corrected chi connectivity index (χ2v) is 3.99. The van der Waals surface area contributed by atoms with Crippen molar-refractivity contribution in [3.8, 4) is 0 Å². The summed E-state index contributed by atoms with van der Waals surface area (Å²) in [6.45, 7) is 2.92. The molecule has 0 heterocycles. The number of halogens is 1. The van der Waals surface area contributed by atoms with E-state index in [4.69, 9.17) is 10.9 Å². The van der Waals surface area contributed by atoms with Crippen LogP contribution in [0.25, 0.3) is 0 Å². The number of hydrogen-bond acceptors (Lipinski definition) is 4. The molecule has 0 aliphatic rings. The van der Waals surface area contributed by atoms with Crippen molar-refractivity contribution in [2.75, 3.05) is 13.1 Å². The number of rotatable bonds is 6. The molecular weight excluding hydrogens is 251 g/mol. The molecule has 0 radical (unpaired) electrons. The minimum atomic E-state index is -0.456. The van der Waals surface area contributed by atoms with Crippen LogP contribution in [-0.2, 0) is 11.3 Å². The quantitative estimate of drug-likeness (QED) is 0.194. The van der Waals surface area contributed by atoms with Crippen molar-refractivity contribution in [3.63, 3.8) is 0 Å². The molecule has 0 saturated carbocycles. The standard InChI is InChI=1S/C12H17FN4O2/c1-8(18)16-3-2-15-7-9-4-10(12(14)17-19)6-11(13)5-9/h4-6,15,19H,2-3,7H2,1H3,(H2,14,17)(H,16,18). The monoisotopic (exact) mass is 268 g/mol. The van der Waals surface area contributed by atoms with Crippen LogP contribution >= 0.6 is 0 Å². The molecule has 0 aliphatic carbocycles. The number of nitrogens with one attached hydrogen (secondary N) is 2. The summed E-state index contributed by atoms with van der Waals surface area (Å²) < 4.78 is 13.3. The summed E-state index contributed by atoms with van der Waals surface area (Å²) in [6.07, 6.45) is 0. The van der Waals surface area contributed by atoms with E-state index < -0.39 is 5.82 Å². The molecule has 104 valence electrons. The average molecular weight is 268 g/mol. The van der Waals surface area contributed by atoms with E-state index in [1.54, 1.807) is 6.07 Å². The van der Waals surface area contributed by atoms with Crippen molar-refractivity contribution in [2.24, 2.45) is 10.9 Å². The summed E-state index contributed by atoms with van der Waals surface area (Å²) in [5.41, 5.74) is 6.40. The lowest BCUT2D eigenvalue weighted by molar-refractivity contribution is -0.118. The summed E-state index contributed by atoms with van der Waals surface area (Å²) in [5, 5.41) is 17.1. The first-order chi connectivity index (χ1) is 9.02. The summed E-state index contributed by atoms with van der Waals surface area (Å²) in [4.78, 5) is 10.6. The van der Waals surface area contributed by atoms with Gasteiger partial charge in [0.25, 0.3) is 0 Å². The predicted molar refractivity (Wildman–Crippen MR) is 69.3 cm³/mol. The van der Waals surface area contributed by atoms with Crippen molar-refractivity contribution >= 4 is 11.7 Å². The van der Waals surface area contributed by atoms with Crippen LogP contribution in [-0.4, -0.2) is 30.0 Å². The van der Waals surface area contributed by atoms with E-state index in [1.165, 1.54) is 19.1 Å². The molecule has 1 aromatic rings. The second-order valence-electron chi connectivity index (χ2n) is 3.99. The number of nitrogens with two attached hydrogens (primary N) is 1. The molecule has 0 spiro atoms. The van der Waals surface area contributed by atoms with Crippen LogP contribution in [0.5, 0.6) is 0 Å². The van der Waals surface area contributed by atoms with E-state index >= 15 is 0 Å². The molecule has 19 heavy (non-hydrogen) atoms. The molecule has 0 saturated heterocycles. The minimum absolute atomic E-state index is 0.0956. The van der Waals surface area contributed by atoms with Crippen molar-refractivity contribution in [1.82, 2.24) is 10.6 Å². The third-order valence-corrected chi connectivity index (χ3v) is 2.37. The van der Waals surface area contributed by atoms with E-state index in [2.05, 4.69) is 15.8 Å². The third-order valence-electron chi connectivity index (χ3n) is 2.37.